The van der Waals surface area contributed by atoms with E-state index < -0.39 is 0 Å². The van der Waals surface area contributed by atoms with E-state index >= 15 is 0 Å². The van der Waals surface area contributed by atoms with Crippen molar-refractivity contribution in [2.45, 2.75) is 33.1 Å². The van der Waals surface area contributed by atoms with E-state index in [1.54, 1.807) is 16.9 Å². The lowest BCUT2D eigenvalue weighted by Gasteiger charge is -2.11. The number of fused-ring (bicyclic) bond motifs is 1. The average molecular weight is 569 g/mol. The van der Waals surface area contributed by atoms with Crippen LogP contribution in [-0.2, 0) is 6.42 Å². The van der Waals surface area contributed by atoms with Crippen molar-refractivity contribution < 1.29 is 4.79 Å². The third-order valence-corrected chi connectivity index (χ3v) is 6.22. The van der Waals surface area contributed by atoms with Gasteiger partial charge >= 0.3 is 0 Å². The molecule has 1 amide bonds. The normalized spacial score (nSPS) is 10.9. The standard InChI is InChI=1S/C25H24IN5OS/c1-3-4-5-17-6-12-20(13-7-17)31-29-22-14-16(2)21(15-23(22)30-31)27-25(33)28-24(32)18-8-10-19(26)11-9-18/h6-15H,3-5H2,1-2H3,(H2,27,28,32,33). The molecule has 4 aromatic rings. The molecule has 0 fully saturated rings. The van der Waals surface area contributed by atoms with Gasteiger partial charge in [-0.15, -0.1) is 10.2 Å². The molecule has 0 radical (unpaired) electrons. The maximum atomic E-state index is 12.4. The Labute approximate surface area is 211 Å². The number of benzene rings is 3. The van der Waals surface area contributed by atoms with Gasteiger partial charge in [-0.1, -0.05) is 25.5 Å². The van der Waals surface area contributed by atoms with Crippen LogP contribution in [0.15, 0.2) is 60.7 Å². The summed E-state index contributed by atoms with van der Waals surface area (Å²) in [4.78, 5) is 14.1. The van der Waals surface area contributed by atoms with Crippen molar-refractivity contribution in [1.29, 1.82) is 0 Å². The second-order valence-electron chi connectivity index (χ2n) is 7.83. The lowest BCUT2D eigenvalue weighted by atomic mass is 10.1. The quantitative estimate of drug-likeness (QED) is 0.227. The molecule has 8 heteroatoms. The molecule has 1 aromatic heterocycles. The topological polar surface area (TPSA) is 71.8 Å². The fourth-order valence-corrected chi connectivity index (χ4v) is 3.99. The number of thiocarbonyl (C=S) groups is 1. The highest BCUT2D eigenvalue weighted by Gasteiger charge is 2.12. The summed E-state index contributed by atoms with van der Waals surface area (Å²) >= 11 is 7.56. The van der Waals surface area contributed by atoms with Crippen molar-refractivity contribution in [1.82, 2.24) is 20.3 Å². The van der Waals surface area contributed by atoms with Crippen LogP contribution in [0, 0.1) is 10.5 Å². The molecule has 0 aliphatic heterocycles. The summed E-state index contributed by atoms with van der Waals surface area (Å²) in [6.07, 6.45) is 3.45. The SMILES string of the molecule is CCCCc1ccc(-n2nc3cc(C)c(NC(=S)NC(=O)c4ccc(I)cc4)cc3n2)cc1. The van der Waals surface area contributed by atoms with Gasteiger partial charge in [0.2, 0.25) is 0 Å². The first-order chi connectivity index (χ1) is 15.9. The summed E-state index contributed by atoms with van der Waals surface area (Å²) in [5, 5.41) is 15.3. The fraction of sp³-hybridized carbons (Fsp3) is 0.200. The summed E-state index contributed by atoms with van der Waals surface area (Å²) in [6, 6.07) is 19.5. The molecule has 3 aromatic carbocycles. The highest BCUT2D eigenvalue weighted by molar-refractivity contribution is 14.1. The maximum Gasteiger partial charge on any atom is 0.257 e. The molecule has 4 rings (SSSR count). The van der Waals surface area contributed by atoms with E-state index in [1.807, 2.05) is 43.3 Å². The minimum Gasteiger partial charge on any atom is -0.332 e. The molecular weight excluding hydrogens is 545 g/mol. The van der Waals surface area contributed by atoms with E-state index in [0.29, 0.717) is 5.56 Å². The predicted octanol–water partition coefficient (Wildman–Crippen LogP) is 5.80. The van der Waals surface area contributed by atoms with Crippen molar-refractivity contribution >= 4 is 62.5 Å². The zero-order valence-corrected chi connectivity index (χ0v) is 21.4. The van der Waals surface area contributed by atoms with Crippen LogP contribution in [0.5, 0.6) is 0 Å². The zero-order valence-electron chi connectivity index (χ0n) is 18.4. The van der Waals surface area contributed by atoms with E-state index in [4.69, 9.17) is 12.2 Å². The number of amides is 1. The number of carbonyl (C=O) groups is 1. The molecule has 0 spiro atoms. The highest BCUT2D eigenvalue weighted by atomic mass is 127. The number of hydrogen-bond donors (Lipinski definition) is 2. The molecule has 6 nitrogen and oxygen atoms in total. The van der Waals surface area contributed by atoms with Gasteiger partial charge in [0.15, 0.2) is 5.11 Å². The summed E-state index contributed by atoms with van der Waals surface area (Å²) in [6.45, 7) is 4.16. The summed E-state index contributed by atoms with van der Waals surface area (Å²) < 4.78 is 1.06. The number of aryl methyl sites for hydroxylation is 2. The Hall–Kier alpha value is -2.85. The van der Waals surface area contributed by atoms with Crippen molar-refractivity contribution in [3.8, 4) is 5.69 Å². The Morgan fingerprint density at radius 2 is 1.70 bits per heavy atom. The number of unbranched alkanes of at least 4 members (excludes halogenated alkanes) is 1. The summed E-state index contributed by atoms with van der Waals surface area (Å²) in [5.74, 6) is -0.254. The van der Waals surface area contributed by atoms with Gasteiger partial charge in [-0.25, -0.2) is 0 Å². The first kappa shape index (κ1) is 23.3. The number of halogens is 1. The van der Waals surface area contributed by atoms with Crippen LogP contribution >= 0.6 is 34.8 Å². The van der Waals surface area contributed by atoms with Crippen LogP contribution in [0.2, 0.25) is 0 Å². The second kappa shape index (κ2) is 10.4. The van der Waals surface area contributed by atoms with Gasteiger partial charge in [0.25, 0.3) is 5.91 Å². The Balaban J connectivity index is 1.48. The van der Waals surface area contributed by atoms with Crippen molar-refractivity contribution in [2.75, 3.05) is 5.32 Å². The van der Waals surface area contributed by atoms with E-state index in [0.717, 1.165) is 38.0 Å². The van der Waals surface area contributed by atoms with Crippen LogP contribution in [0.1, 0.15) is 41.3 Å². The lowest BCUT2D eigenvalue weighted by Crippen LogP contribution is -2.34. The van der Waals surface area contributed by atoms with Gasteiger partial charge < -0.3 is 5.32 Å². The minimum atomic E-state index is -0.254. The smallest absolute Gasteiger partial charge is 0.257 e. The maximum absolute atomic E-state index is 12.4. The monoisotopic (exact) mass is 569 g/mol. The van der Waals surface area contributed by atoms with Gasteiger partial charge in [0.1, 0.15) is 11.0 Å². The molecule has 33 heavy (non-hydrogen) atoms. The van der Waals surface area contributed by atoms with Gasteiger partial charge in [-0.2, -0.15) is 4.80 Å². The van der Waals surface area contributed by atoms with Gasteiger partial charge in [0.05, 0.1) is 5.69 Å². The Bertz CT molecular complexity index is 1300. The molecule has 1 heterocycles. The van der Waals surface area contributed by atoms with Gasteiger partial charge in [0, 0.05) is 14.8 Å². The molecule has 0 atom stereocenters. The number of rotatable bonds is 6. The van der Waals surface area contributed by atoms with Crippen LogP contribution in [0.3, 0.4) is 0 Å². The van der Waals surface area contributed by atoms with E-state index in [2.05, 4.69) is 62.5 Å². The van der Waals surface area contributed by atoms with E-state index in [9.17, 15) is 4.79 Å². The third kappa shape index (κ3) is 5.75. The largest absolute Gasteiger partial charge is 0.332 e. The number of carbonyl (C=O) groups excluding carboxylic acids is 1. The molecular formula is C25H24IN5OS. The Morgan fingerprint density at radius 3 is 2.36 bits per heavy atom. The zero-order chi connectivity index (χ0) is 23.4. The number of hydrogen-bond acceptors (Lipinski definition) is 4. The summed E-state index contributed by atoms with van der Waals surface area (Å²) in [7, 11) is 0. The number of anilines is 1. The van der Waals surface area contributed by atoms with Crippen LogP contribution in [-0.4, -0.2) is 26.0 Å². The predicted molar refractivity (Wildman–Crippen MR) is 145 cm³/mol. The molecule has 0 aliphatic carbocycles. The third-order valence-electron chi connectivity index (χ3n) is 5.29. The second-order valence-corrected chi connectivity index (χ2v) is 9.48. The first-order valence-corrected chi connectivity index (χ1v) is 12.3. The van der Waals surface area contributed by atoms with Crippen LogP contribution in [0.4, 0.5) is 5.69 Å². The van der Waals surface area contributed by atoms with Crippen molar-refractivity contribution in [2.24, 2.45) is 0 Å². The molecule has 0 bridgehead atoms. The fourth-order valence-electron chi connectivity index (χ4n) is 3.43. The average Bonchev–Trinajstić information content (AvgIpc) is 3.21. The van der Waals surface area contributed by atoms with E-state index in [1.165, 1.54) is 18.4 Å². The Morgan fingerprint density at radius 1 is 1.03 bits per heavy atom. The first-order valence-electron chi connectivity index (χ1n) is 10.8. The van der Waals surface area contributed by atoms with Crippen molar-refractivity contribution in [3.63, 3.8) is 0 Å². The van der Waals surface area contributed by atoms with Gasteiger partial charge in [-0.3, -0.25) is 10.1 Å². The molecule has 0 unspecified atom stereocenters. The van der Waals surface area contributed by atoms with Gasteiger partial charge in [-0.05, 0) is 114 Å². The molecule has 2 N–H and O–H groups in total. The number of nitrogens with zero attached hydrogens (tertiary/aromatic N) is 3. The molecule has 168 valence electrons. The number of aromatic nitrogens is 3. The van der Waals surface area contributed by atoms with Crippen LogP contribution in [0.25, 0.3) is 16.7 Å². The Kier molecular flexibility index (Phi) is 7.34. The van der Waals surface area contributed by atoms with E-state index in [-0.39, 0.29) is 11.0 Å². The molecule has 0 saturated carbocycles. The van der Waals surface area contributed by atoms with Crippen LogP contribution < -0.4 is 10.6 Å². The lowest BCUT2D eigenvalue weighted by molar-refractivity contribution is 0.0977. The number of nitrogens with one attached hydrogen (secondary N) is 2. The minimum absolute atomic E-state index is 0.232. The summed E-state index contributed by atoms with van der Waals surface area (Å²) in [5.41, 5.74) is 6.05. The van der Waals surface area contributed by atoms with Crippen molar-refractivity contribution in [3.05, 3.63) is 80.9 Å². The molecule has 0 saturated heterocycles. The molecule has 0 aliphatic rings. The highest BCUT2D eigenvalue weighted by Crippen LogP contribution is 2.22.